The van der Waals surface area contributed by atoms with E-state index in [1.165, 1.54) is 5.56 Å². The van der Waals surface area contributed by atoms with Gasteiger partial charge in [-0.15, -0.1) is 0 Å². The molecule has 0 aromatic heterocycles. The number of rotatable bonds is 13. The van der Waals surface area contributed by atoms with Gasteiger partial charge in [-0.05, 0) is 44.9 Å². The lowest BCUT2D eigenvalue weighted by Crippen LogP contribution is -2.74. The number of benzene rings is 1. The Kier molecular flexibility index (Phi) is 12.0. The first-order chi connectivity index (χ1) is 15.4. The van der Waals surface area contributed by atoms with Gasteiger partial charge in [0.2, 0.25) is 0 Å². The second-order valence-electron chi connectivity index (χ2n) is 11.7. The van der Waals surface area contributed by atoms with Crippen LogP contribution < -0.4 is 0 Å². The fourth-order valence-corrected chi connectivity index (χ4v) is 27.6. The summed E-state index contributed by atoms with van der Waals surface area (Å²) in [6, 6.07) is 10.5. The molecule has 1 aromatic rings. The predicted octanol–water partition coefficient (Wildman–Crippen LogP) is 9.42. The van der Waals surface area contributed by atoms with Crippen LogP contribution in [0.15, 0.2) is 41.4 Å². The highest BCUT2D eigenvalue weighted by atomic mass is 28.4. The van der Waals surface area contributed by atoms with Crippen molar-refractivity contribution in [1.29, 1.82) is 0 Å². The third kappa shape index (κ3) is 6.38. The first-order valence-electron chi connectivity index (χ1n) is 13.4. The van der Waals surface area contributed by atoms with Gasteiger partial charge in [-0.2, -0.15) is 0 Å². The molecule has 33 heavy (non-hydrogen) atoms. The minimum atomic E-state index is -1.80. The molecule has 0 heterocycles. The number of hydrogen-bond donors (Lipinski definition) is 0. The second-order valence-corrected chi connectivity index (χ2v) is 23.7. The molecule has 0 saturated heterocycles. The Balaban J connectivity index is 3.43. The lowest BCUT2D eigenvalue weighted by Gasteiger charge is -2.62. The van der Waals surface area contributed by atoms with E-state index in [0.717, 1.165) is 46.3 Å². The summed E-state index contributed by atoms with van der Waals surface area (Å²) in [5.41, 5.74) is 5.57. The molecular formula is C29H54N2Si2. The molecule has 0 unspecified atom stereocenters. The van der Waals surface area contributed by atoms with E-state index < -0.39 is 16.5 Å². The number of hydrogen-bond acceptors (Lipinski definition) is 2. The minimum Gasteiger partial charge on any atom is -0.342 e. The van der Waals surface area contributed by atoms with E-state index in [0.29, 0.717) is 0 Å². The van der Waals surface area contributed by atoms with Gasteiger partial charge in [0.1, 0.15) is 16.5 Å². The van der Waals surface area contributed by atoms with Crippen molar-refractivity contribution in [2.75, 3.05) is 13.1 Å². The van der Waals surface area contributed by atoms with Crippen LogP contribution in [0.25, 0.3) is 6.08 Å². The van der Waals surface area contributed by atoms with E-state index in [9.17, 15) is 0 Å². The van der Waals surface area contributed by atoms with Gasteiger partial charge < -0.3 is 4.23 Å². The minimum absolute atomic E-state index is 0.725. The van der Waals surface area contributed by atoms with Crippen molar-refractivity contribution in [3.8, 4) is 0 Å². The van der Waals surface area contributed by atoms with Crippen LogP contribution in [-0.4, -0.2) is 40.0 Å². The number of nitrogens with zero attached hydrogens (tertiary/aromatic N) is 2. The molecule has 0 atom stereocenters. The highest BCUT2D eigenvalue weighted by Gasteiger charge is 2.58. The average molecular weight is 487 g/mol. The van der Waals surface area contributed by atoms with Crippen LogP contribution in [0.3, 0.4) is 0 Å². The molecule has 0 aliphatic heterocycles. The van der Waals surface area contributed by atoms with Gasteiger partial charge >= 0.3 is 0 Å². The van der Waals surface area contributed by atoms with Crippen LogP contribution in [0, 0.1) is 0 Å². The van der Waals surface area contributed by atoms with E-state index in [-0.39, 0.29) is 0 Å². The molecule has 0 fully saturated rings. The van der Waals surface area contributed by atoms with Gasteiger partial charge in [-0.25, -0.2) is 0 Å². The van der Waals surface area contributed by atoms with Crippen LogP contribution in [0.2, 0.25) is 33.2 Å². The first-order valence-corrected chi connectivity index (χ1v) is 17.7. The summed E-state index contributed by atoms with van der Waals surface area (Å²) in [6.45, 7) is 32.2. The topological polar surface area (TPSA) is 15.6 Å². The molecule has 4 heteroatoms. The summed E-state index contributed by atoms with van der Waals surface area (Å²) in [4.78, 5) is 4.90. The zero-order valence-corrected chi connectivity index (χ0v) is 25.9. The lowest BCUT2D eigenvalue weighted by molar-refractivity contribution is 0.505. The Hall–Kier alpha value is -0.976. The van der Waals surface area contributed by atoms with Gasteiger partial charge in [0.05, 0.1) is 6.54 Å². The summed E-state index contributed by atoms with van der Waals surface area (Å²) in [5.74, 6) is 0. The molecule has 0 N–H and O–H groups in total. The van der Waals surface area contributed by atoms with Crippen LogP contribution in [0.4, 0.5) is 0 Å². The molecule has 1 aromatic carbocycles. The zero-order valence-electron chi connectivity index (χ0n) is 23.9. The molecule has 0 bridgehead atoms. The molecule has 0 amide bonds. The monoisotopic (exact) mass is 486 g/mol. The van der Waals surface area contributed by atoms with Gasteiger partial charge in [-0.3, -0.25) is 4.99 Å². The van der Waals surface area contributed by atoms with Crippen molar-refractivity contribution < 1.29 is 0 Å². The fourth-order valence-electron chi connectivity index (χ4n) is 7.60. The first kappa shape index (κ1) is 30.1. The van der Waals surface area contributed by atoms with Crippen LogP contribution in [0.5, 0.6) is 0 Å². The lowest BCUT2D eigenvalue weighted by atomic mass is 10.2. The Morgan fingerprint density at radius 3 is 1.42 bits per heavy atom. The maximum absolute atomic E-state index is 4.90. The van der Waals surface area contributed by atoms with Crippen molar-refractivity contribution in [2.45, 2.75) is 116 Å². The van der Waals surface area contributed by atoms with E-state index in [2.05, 4.69) is 130 Å². The van der Waals surface area contributed by atoms with Crippen LogP contribution >= 0.6 is 0 Å². The summed E-state index contributed by atoms with van der Waals surface area (Å²) < 4.78 is 3.22. The Labute approximate surface area is 209 Å². The van der Waals surface area contributed by atoms with Crippen molar-refractivity contribution in [3.63, 3.8) is 0 Å². The van der Waals surface area contributed by atoms with Crippen molar-refractivity contribution in [1.82, 2.24) is 4.23 Å². The molecule has 1 rings (SSSR count). The smallest absolute Gasteiger partial charge is 0.129 e. The molecular weight excluding hydrogens is 433 g/mol. The maximum atomic E-state index is 4.90. The van der Waals surface area contributed by atoms with Crippen molar-refractivity contribution >= 4 is 28.8 Å². The Morgan fingerprint density at radius 2 is 1.06 bits per heavy atom. The fraction of sp³-hybridized carbons (Fsp3) is 0.690. The third-order valence-corrected chi connectivity index (χ3v) is 24.0. The molecule has 2 nitrogen and oxygen atoms in total. The maximum Gasteiger partial charge on any atom is 0.129 e. The second kappa shape index (κ2) is 13.2. The average Bonchev–Trinajstić information content (AvgIpc) is 2.70. The van der Waals surface area contributed by atoms with Crippen molar-refractivity contribution in [3.05, 3.63) is 42.0 Å². The normalized spacial score (nSPS) is 14.2. The van der Waals surface area contributed by atoms with E-state index >= 15 is 0 Å². The van der Waals surface area contributed by atoms with Gasteiger partial charge in [0.25, 0.3) is 0 Å². The molecule has 188 valence electrons. The quantitative estimate of drug-likeness (QED) is 0.200. The Morgan fingerprint density at radius 1 is 0.667 bits per heavy atom. The van der Waals surface area contributed by atoms with Gasteiger partial charge in [0.15, 0.2) is 0 Å². The summed E-state index contributed by atoms with van der Waals surface area (Å²) in [5, 5.41) is 0. The van der Waals surface area contributed by atoms with Gasteiger partial charge in [-0.1, -0.05) is 119 Å². The summed E-state index contributed by atoms with van der Waals surface area (Å²) in [6.07, 6.45) is 6.25. The largest absolute Gasteiger partial charge is 0.342 e. The van der Waals surface area contributed by atoms with Gasteiger partial charge in [0, 0.05) is 12.8 Å². The standard InChI is InChI=1S/C29H54N2Si2/c1-23(2)32(24(3)4,25(5)6)31(33(26(7)8,27(9)10)28(11)12)22-21-30-20-16-19-29-17-14-13-15-18-29/h13-20,23-28H,21-22H2,1-12H3. The molecule has 0 saturated carbocycles. The molecule has 0 radical (unpaired) electrons. The van der Waals surface area contributed by atoms with Crippen molar-refractivity contribution in [2.24, 2.45) is 4.99 Å². The van der Waals surface area contributed by atoms with E-state index in [1.54, 1.807) is 0 Å². The van der Waals surface area contributed by atoms with E-state index in [4.69, 9.17) is 4.99 Å². The summed E-state index contributed by atoms with van der Waals surface area (Å²) in [7, 11) is -3.60. The number of allylic oxidation sites excluding steroid dienone is 1. The predicted molar refractivity (Wildman–Crippen MR) is 158 cm³/mol. The molecule has 0 spiro atoms. The van der Waals surface area contributed by atoms with Crippen LogP contribution in [-0.2, 0) is 0 Å². The highest BCUT2D eigenvalue weighted by Crippen LogP contribution is 2.53. The summed E-state index contributed by atoms with van der Waals surface area (Å²) >= 11 is 0. The highest BCUT2D eigenvalue weighted by molar-refractivity contribution is 6.96. The Bertz CT molecular complexity index is 658. The van der Waals surface area contributed by atoms with E-state index in [1.807, 2.05) is 6.21 Å². The van der Waals surface area contributed by atoms with Crippen LogP contribution in [0.1, 0.15) is 88.6 Å². The molecule has 0 aliphatic rings. The zero-order chi connectivity index (χ0) is 25.4. The number of aliphatic imine (C=N–C) groups is 1. The molecule has 0 aliphatic carbocycles. The third-order valence-electron chi connectivity index (χ3n) is 8.22. The SMILES string of the molecule is CC(C)[Si](C(C)C)(C(C)C)N(CCN=CC=Cc1ccccc1)[Si](C(C)C)(C(C)C)C(C)C.